The Morgan fingerprint density at radius 1 is 1.50 bits per heavy atom. The first kappa shape index (κ1) is 16.8. The van der Waals surface area contributed by atoms with Crippen molar-refractivity contribution >= 4 is 12.4 Å². The first-order chi connectivity index (χ1) is 8.65. The number of primary amides is 1. The minimum Gasteiger partial charge on any atom is -0.466 e. The van der Waals surface area contributed by atoms with Crippen molar-refractivity contribution in [1.29, 1.82) is 0 Å². The lowest BCUT2D eigenvalue weighted by molar-refractivity contribution is -0.143. The van der Waals surface area contributed by atoms with Crippen LogP contribution >= 0.6 is 0 Å². The zero-order valence-electron chi connectivity index (χ0n) is 10.8. The van der Waals surface area contributed by atoms with E-state index in [0.717, 1.165) is 12.8 Å². The highest BCUT2D eigenvalue weighted by atomic mass is 19.1. The number of carbonyl (C=O) groups is 2. The van der Waals surface area contributed by atoms with Gasteiger partial charge in [-0.15, -0.1) is 0 Å². The number of hydrogen-bond donors (Lipinski definition) is 1. The summed E-state index contributed by atoms with van der Waals surface area (Å²) < 4.78 is 22.7. The first-order valence-corrected chi connectivity index (χ1v) is 6.22. The molecule has 1 aliphatic rings. The highest BCUT2D eigenvalue weighted by Gasteiger charge is 2.31. The Labute approximate surface area is 107 Å². The van der Waals surface area contributed by atoms with Crippen LogP contribution in [0.1, 0.15) is 39.0 Å². The Bertz CT molecular complexity index is 234. The van der Waals surface area contributed by atoms with Gasteiger partial charge in [-0.25, -0.2) is 4.39 Å². The summed E-state index contributed by atoms with van der Waals surface area (Å²) in [5, 5.41) is 0. The molecular weight excluding hydrogens is 241 g/mol. The lowest BCUT2D eigenvalue weighted by Gasteiger charge is -2.07. The van der Waals surface area contributed by atoms with E-state index in [1.54, 1.807) is 6.92 Å². The Balaban J connectivity index is 0.000000873. The number of alkyl halides is 1. The molecule has 1 amide bonds. The topological polar surface area (TPSA) is 78.6 Å². The lowest BCUT2D eigenvalue weighted by atomic mass is 10.2. The van der Waals surface area contributed by atoms with Crippen LogP contribution in [0.4, 0.5) is 4.39 Å². The summed E-state index contributed by atoms with van der Waals surface area (Å²) in [5.41, 5.74) is 4.17. The van der Waals surface area contributed by atoms with Crippen molar-refractivity contribution in [2.75, 3.05) is 13.2 Å². The van der Waals surface area contributed by atoms with Gasteiger partial charge in [-0.3, -0.25) is 9.59 Å². The fraction of sp³-hybridized carbons (Fsp3) is 0.833. The highest BCUT2D eigenvalue weighted by molar-refractivity contribution is 5.69. The third-order valence-corrected chi connectivity index (χ3v) is 2.35. The van der Waals surface area contributed by atoms with Gasteiger partial charge < -0.3 is 15.2 Å². The van der Waals surface area contributed by atoms with Crippen molar-refractivity contribution < 1.29 is 23.5 Å². The van der Waals surface area contributed by atoms with Gasteiger partial charge in [0.1, 0.15) is 0 Å². The van der Waals surface area contributed by atoms with E-state index in [1.165, 1.54) is 0 Å². The molecule has 18 heavy (non-hydrogen) atoms. The number of ether oxygens (including phenoxy) is 2. The summed E-state index contributed by atoms with van der Waals surface area (Å²) >= 11 is 0. The molecule has 0 aromatic heterocycles. The Hall–Kier alpha value is -1.17. The normalized spacial score (nSPS) is 15.2. The van der Waals surface area contributed by atoms with E-state index in [2.05, 4.69) is 5.73 Å². The molecule has 1 aliphatic carbocycles. The zero-order chi connectivity index (χ0) is 13.8. The van der Waals surface area contributed by atoms with Crippen LogP contribution in [-0.2, 0) is 19.1 Å². The van der Waals surface area contributed by atoms with Crippen molar-refractivity contribution in [1.82, 2.24) is 0 Å². The molecule has 6 heteroatoms. The predicted molar refractivity (Wildman–Crippen MR) is 64.3 cm³/mol. The summed E-state index contributed by atoms with van der Waals surface area (Å²) in [5.74, 6) is -0.0495. The largest absolute Gasteiger partial charge is 0.466 e. The number of amides is 1. The standard InChI is InChI=1S/C11H19FO3.CH3NO/c1-2-14-10(13)5-3-4-8-15-11(12)9-6-7-9;2-1-3/h9,11H,2-8H2,1H3;1H,(H2,2,3). The minimum absolute atomic E-state index is 0.134. The maximum Gasteiger partial charge on any atom is 0.305 e. The molecule has 1 atom stereocenters. The van der Waals surface area contributed by atoms with Crippen LogP contribution in [-0.4, -0.2) is 32.0 Å². The van der Waals surface area contributed by atoms with Crippen LogP contribution in [0, 0.1) is 5.92 Å². The van der Waals surface area contributed by atoms with Crippen molar-refractivity contribution in [2.45, 2.75) is 45.4 Å². The van der Waals surface area contributed by atoms with Gasteiger partial charge in [0.25, 0.3) is 0 Å². The summed E-state index contributed by atoms with van der Waals surface area (Å²) in [6.45, 7) is 2.60. The number of nitrogens with two attached hydrogens (primary N) is 1. The van der Waals surface area contributed by atoms with Crippen molar-refractivity contribution in [2.24, 2.45) is 11.7 Å². The molecule has 5 nitrogen and oxygen atoms in total. The molecule has 0 heterocycles. The molecule has 1 fully saturated rings. The average Bonchev–Trinajstić information content (AvgIpc) is 3.13. The third-order valence-electron chi connectivity index (χ3n) is 2.35. The number of unbranched alkanes of at least 4 members (excludes halogenated alkanes) is 1. The molecule has 1 unspecified atom stereocenters. The van der Waals surface area contributed by atoms with E-state index in [9.17, 15) is 9.18 Å². The first-order valence-electron chi connectivity index (χ1n) is 6.22. The third kappa shape index (κ3) is 10.0. The van der Waals surface area contributed by atoms with Gasteiger partial charge in [0, 0.05) is 12.3 Å². The number of hydrogen-bond acceptors (Lipinski definition) is 4. The molecule has 0 saturated heterocycles. The van der Waals surface area contributed by atoms with E-state index in [1.807, 2.05) is 0 Å². The maximum absolute atomic E-state index is 13.0. The molecule has 106 valence electrons. The Morgan fingerprint density at radius 2 is 2.11 bits per heavy atom. The lowest BCUT2D eigenvalue weighted by Crippen LogP contribution is -2.10. The number of rotatable bonds is 8. The second kappa shape index (κ2) is 11.0. The zero-order valence-corrected chi connectivity index (χ0v) is 10.8. The predicted octanol–water partition coefficient (Wildman–Crippen LogP) is 1.54. The molecule has 0 spiro atoms. The van der Waals surface area contributed by atoms with E-state index in [0.29, 0.717) is 32.5 Å². The van der Waals surface area contributed by atoms with E-state index < -0.39 is 6.36 Å². The van der Waals surface area contributed by atoms with Crippen LogP contribution in [0.15, 0.2) is 0 Å². The van der Waals surface area contributed by atoms with Crippen molar-refractivity contribution in [3.63, 3.8) is 0 Å². The van der Waals surface area contributed by atoms with Crippen LogP contribution < -0.4 is 5.73 Å². The molecule has 0 bridgehead atoms. The summed E-state index contributed by atoms with van der Waals surface area (Å²) in [6, 6.07) is 0. The molecule has 1 rings (SSSR count). The second-order valence-corrected chi connectivity index (χ2v) is 3.96. The van der Waals surface area contributed by atoms with Crippen LogP contribution in [0.25, 0.3) is 0 Å². The van der Waals surface area contributed by atoms with Gasteiger partial charge in [-0.05, 0) is 32.6 Å². The van der Waals surface area contributed by atoms with E-state index in [-0.39, 0.29) is 18.3 Å². The second-order valence-electron chi connectivity index (χ2n) is 3.96. The summed E-state index contributed by atoms with van der Waals surface area (Å²) in [6.07, 6.45) is 2.88. The molecular formula is C12H22FNO4. The maximum atomic E-state index is 13.0. The molecule has 2 N–H and O–H groups in total. The summed E-state index contributed by atoms with van der Waals surface area (Å²) in [7, 11) is 0. The van der Waals surface area contributed by atoms with Gasteiger partial charge in [0.05, 0.1) is 13.2 Å². The molecule has 0 aromatic rings. The fourth-order valence-electron chi connectivity index (χ4n) is 1.29. The number of halogens is 1. The van der Waals surface area contributed by atoms with Gasteiger partial charge >= 0.3 is 5.97 Å². The minimum atomic E-state index is -1.09. The fourth-order valence-corrected chi connectivity index (χ4v) is 1.29. The Kier molecular flexibility index (Phi) is 10.2. The van der Waals surface area contributed by atoms with Gasteiger partial charge in [0.15, 0.2) is 0 Å². The Morgan fingerprint density at radius 3 is 2.61 bits per heavy atom. The molecule has 0 radical (unpaired) electrons. The molecule has 1 saturated carbocycles. The van der Waals surface area contributed by atoms with Gasteiger partial charge in [0.2, 0.25) is 12.8 Å². The SMILES string of the molecule is CCOC(=O)CCCCOC(F)C1CC1.NC=O. The van der Waals surface area contributed by atoms with E-state index >= 15 is 0 Å². The smallest absolute Gasteiger partial charge is 0.305 e. The molecule has 0 aromatic carbocycles. The average molecular weight is 263 g/mol. The van der Waals surface area contributed by atoms with Gasteiger partial charge in [-0.2, -0.15) is 0 Å². The molecule has 0 aliphatic heterocycles. The van der Waals surface area contributed by atoms with Crippen LogP contribution in [0.2, 0.25) is 0 Å². The van der Waals surface area contributed by atoms with Crippen molar-refractivity contribution in [3.05, 3.63) is 0 Å². The number of carbonyl (C=O) groups excluding carboxylic acids is 2. The van der Waals surface area contributed by atoms with Crippen LogP contribution in [0.5, 0.6) is 0 Å². The summed E-state index contributed by atoms with van der Waals surface area (Å²) in [4.78, 5) is 19.5. The monoisotopic (exact) mass is 263 g/mol. The van der Waals surface area contributed by atoms with Crippen molar-refractivity contribution in [3.8, 4) is 0 Å². The van der Waals surface area contributed by atoms with Gasteiger partial charge in [-0.1, -0.05) is 0 Å². The van der Waals surface area contributed by atoms with Crippen LogP contribution in [0.3, 0.4) is 0 Å². The quantitative estimate of drug-likeness (QED) is 0.409. The number of esters is 1. The van der Waals surface area contributed by atoms with E-state index in [4.69, 9.17) is 14.3 Å². The highest BCUT2D eigenvalue weighted by Crippen LogP contribution is 2.34.